The number of rotatable bonds is 2. The van der Waals surface area contributed by atoms with E-state index in [1.165, 1.54) is 25.1 Å². The van der Waals surface area contributed by atoms with Crippen molar-refractivity contribution in [3.63, 3.8) is 0 Å². The largest absolute Gasteiger partial charge is 0.429 e. The summed E-state index contributed by atoms with van der Waals surface area (Å²) in [6, 6.07) is 1.96. The summed E-state index contributed by atoms with van der Waals surface area (Å²) in [5.41, 5.74) is 0.627. The van der Waals surface area contributed by atoms with Crippen LogP contribution in [0.15, 0.2) is 11.0 Å². The predicted octanol–water partition coefficient (Wildman–Crippen LogP) is 2.49. The molecule has 1 heterocycles. The van der Waals surface area contributed by atoms with E-state index in [9.17, 15) is 14.4 Å². The molecule has 0 fully saturated rings. The second-order valence-electron chi connectivity index (χ2n) is 4.44. The fraction of sp³-hybridized carbons (Fsp3) is 0.214. The van der Waals surface area contributed by atoms with Crippen LogP contribution >= 0.6 is 0 Å². The molecule has 102 valence electrons. The predicted molar refractivity (Wildman–Crippen MR) is 71.5 cm³/mol. The minimum absolute atomic E-state index is 0.0540. The van der Waals surface area contributed by atoms with Crippen molar-refractivity contribution in [2.75, 3.05) is 14.1 Å². The van der Waals surface area contributed by atoms with E-state index < -0.39 is 11.7 Å². The fourth-order valence-electron chi connectivity index (χ4n) is 1.90. The lowest BCUT2D eigenvalue weighted by molar-refractivity contribution is 0.0791. The van der Waals surface area contributed by atoms with Crippen molar-refractivity contribution >= 4 is 23.1 Å². The quantitative estimate of drug-likeness (QED) is 0.842. The zero-order chi connectivity index (χ0) is 15.0. The Balaban J connectivity index is 2.87. The van der Waals surface area contributed by atoms with Crippen molar-refractivity contribution in [2.45, 2.75) is 6.92 Å². The van der Waals surface area contributed by atoms with E-state index in [2.05, 4.69) is 11.6 Å². The third-order valence-electron chi connectivity index (χ3n) is 2.98. The van der Waals surface area contributed by atoms with Crippen LogP contribution in [0.1, 0.15) is 27.4 Å². The number of oxazole rings is 1. The van der Waals surface area contributed by atoms with Crippen LogP contribution in [0, 0.1) is 24.1 Å². The van der Waals surface area contributed by atoms with E-state index in [1.54, 1.807) is 6.92 Å². The zero-order valence-electron chi connectivity index (χ0n) is 11.3. The van der Waals surface area contributed by atoms with E-state index in [1.807, 2.05) is 6.07 Å². The lowest BCUT2D eigenvalue weighted by atomic mass is 10.0. The van der Waals surface area contributed by atoms with Crippen LogP contribution in [0.25, 0.3) is 17.2 Å². The van der Waals surface area contributed by atoms with E-state index in [4.69, 9.17) is 4.42 Å². The summed E-state index contributed by atoms with van der Waals surface area (Å²) < 4.78 is 19.5. The van der Waals surface area contributed by atoms with Gasteiger partial charge in [-0.15, -0.1) is 0 Å². The third kappa shape index (κ3) is 1.84. The van der Waals surface area contributed by atoms with Gasteiger partial charge in [-0.25, -0.2) is 9.37 Å². The van der Waals surface area contributed by atoms with Crippen molar-refractivity contribution in [1.82, 2.24) is 9.88 Å². The van der Waals surface area contributed by atoms with Gasteiger partial charge in [0.15, 0.2) is 11.4 Å². The molecule has 1 aromatic heterocycles. The molecular weight excluding hydrogens is 261 g/mol. The summed E-state index contributed by atoms with van der Waals surface area (Å²) >= 11 is 0. The van der Waals surface area contributed by atoms with E-state index >= 15 is 0 Å². The van der Waals surface area contributed by atoms with Gasteiger partial charge in [0.2, 0.25) is 0 Å². The van der Waals surface area contributed by atoms with Crippen LogP contribution in [-0.2, 0) is 0 Å². The lowest BCUT2D eigenvalue weighted by Gasteiger charge is -2.05. The Morgan fingerprint density at radius 2 is 2.20 bits per heavy atom. The Morgan fingerprint density at radius 3 is 2.70 bits per heavy atom. The minimum atomic E-state index is -0.670. The normalized spacial score (nSPS) is 10.3. The summed E-state index contributed by atoms with van der Waals surface area (Å²) in [5, 5.41) is 9.20. The Bertz CT molecular complexity index is 769. The van der Waals surface area contributed by atoms with E-state index in [0.717, 1.165) is 0 Å². The number of aromatic nitrogens is 1. The molecule has 2 aromatic rings. The second-order valence-corrected chi connectivity index (χ2v) is 4.44. The first-order valence-electron chi connectivity index (χ1n) is 5.79. The summed E-state index contributed by atoms with van der Waals surface area (Å²) in [7, 11) is 3.05. The van der Waals surface area contributed by atoms with Gasteiger partial charge < -0.3 is 9.32 Å². The molecule has 0 atom stereocenters. The molecule has 0 aliphatic rings. The van der Waals surface area contributed by atoms with Crippen molar-refractivity contribution in [1.29, 1.82) is 5.26 Å². The molecule has 0 bridgehead atoms. The molecule has 5 nitrogen and oxygen atoms in total. The average molecular weight is 273 g/mol. The molecule has 1 aromatic carbocycles. The number of hydrogen-bond donors (Lipinski definition) is 0. The van der Waals surface area contributed by atoms with Crippen LogP contribution in [-0.4, -0.2) is 29.9 Å². The summed E-state index contributed by atoms with van der Waals surface area (Å²) in [6.45, 7) is 5.12. The zero-order valence-corrected chi connectivity index (χ0v) is 11.3. The first kappa shape index (κ1) is 13.7. The molecule has 0 saturated carbocycles. The van der Waals surface area contributed by atoms with Crippen molar-refractivity contribution in [3.05, 3.63) is 35.0 Å². The first-order chi connectivity index (χ1) is 9.42. The number of halogens is 1. The Morgan fingerprint density at radius 1 is 1.55 bits per heavy atom. The molecule has 0 saturated heterocycles. The molecule has 0 N–H and O–H groups in total. The number of hydrogen-bond acceptors (Lipinski definition) is 4. The summed E-state index contributed by atoms with van der Waals surface area (Å²) in [5.74, 6) is -1.42. The molecule has 0 aliphatic carbocycles. The molecule has 1 amide bonds. The van der Waals surface area contributed by atoms with Gasteiger partial charge in [-0.1, -0.05) is 12.7 Å². The third-order valence-corrected chi connectivity index (χ3v) is 2.98. The van der Waals surface area contributed by atoms with Gasteiger partial charge in [0.05, 0.1) is 5.56 Å². The molecular formula is C14H12FN3O2. The van der Waals surface area contributed by atoms with Gasteiger partial charge in [-0.3, -0.25) is 4.79 Å². The molecule has 0 spiro atoms. The average Bonchev–Trinajstić information content (AvgIpc) is 2.84. The molecule has 2 rings (SSSR count). The Labute approximate surface area is 114 Å². The smallest absolute Gasteiger partial charge is 0.309 e. The Kier molecular flexibility index (Phi) is 3.28. The molecule has 0 aliphatic heterocycles. The standard InChI is InChI=1S/C14H12FN3O2/c1-5-8-7(2)9(6-16)11-12(10(8)15)20-13(17-11)14(19)18(3)4/h5H,1H2,2-4H3. The number of carbonyl (C=O) groups excluding carboxylic acids is 1. The maximum Gasteiger partial charge on any atom is 0.309 e. The van der Waals surface area contributed by atoms with Gasteiger partial charge >= 0.3 is 5.91 Å². The van der Waals surface area contributed by atoms with E-state index in [0.29, 0.717) is 5.56 Å². The number of carbonyl (C=O) groups is 1. The molecule has 0 unspecified atom stereocenters. The summed E-state index contributed by atoms with van der Waals surface area (Å²) in [4.78, 5) is 17.0. The molecule has 20 heavy (non-hydrogen) atoms. The lowest BCUT2D eigenvalue weighted by Crippen LogP contribution is -2.21. The highest BCUT2D eigenvalue weighted by Gasteiger charge is 2.24. The number of amides is 1. The summed E-state index contributed by atoms with van der Waals surface area (Å²) in [6.07, 6.45) is 1.31. The maximum absolute atomic E-state index is 14.3. The molecule has 0 radical (unpaired) electrons. The number of fused-ring (bicyclic) bond motifs is 1. The van der Waals surface area contributed by atoms with Gasteiger partial charge in [0.1, 0.15) is 11.6 Å². The first-order valence-corrected chi connectivity index (χ1v) is 5.79. The van der Waals surface area contributed by atoms with Crippen LogP contribution < -0.4 is 0 Å². The minimum Gasteiger partial charge on any atom is -0.429 e. The van der Waals surface area contributed by atoms with Gasteiger partial charge in [-0.2, -0.15) is 5.26 Å². The van der Waals surface area contributed by atoms with Gasteiger partial charge in [0.25, 0.3) is 5.89 Å². The molecule has 6 heteroatoms. The maximum atomic E-state index is 14.3. The highest BCUT2D eigenvalue weighted by atomic mass is 19.1. The number of nitriles is 1. The SMILES string of the molecule is C=Cc1c(C)c(C#N)c2nc(C(=O)N(C)C)oc2c1F. The van der Waals surface area contributed by atoms with Gasteiger partial charge in [-0.05, 0) is 12.5 Å². The topological polar surface area (TPSA) is 70.1 Å². The van der Waals surface area contributed by atoms with Crippen LogP contribution in [0.5, 0.6) is 0 Å². The monoisotopic (exact) mass is 273 g/mol. The van der Waals surface area contributed by atoms with Crippen molar-refractivity contribution in [2.24, 2.45) is 0 Å². The van der Waals surface area contributed by atoms with E-state index in [-0.39, 0.29) is 28.1 Å². The van der Waals surface area contributed by atoms with Gasteiger partial charge in [0, 0.05) is 19.7 Å². The second kappa shape index (κ2) is 4.78. The van der Waals surface area contributed by atoms with Crippen LogP contribution in [0.2, 0.25) is 0 Å². The fourth-order valence-corrected chi connectivity index (χ4v) is 1.90. The highest BCUT2D eigenvalue weighted by Crippen LogP contribution is 2.30. The van der Waals surface area contributed by atoms with Crippen molar-refractivity contribution < 1.29 is 13.6 Å². The van der Waals surface area contributed by atoms with Crippen LogP contribution in [0.4, 0.5) is 4.39 Å². The number of nitrogens with zero attached hydrogens (tertiary/aromatic N) is 3. The number of benzene rings is 1. The van der Waals surface area contributed by atoms with Crippen LogP contribution in [0.3, 0.4) is 0 Å². The Hall–Kier alpha value is -2.68. The van der Waals surface area contributed by atoms with Crippen molar-refractivity contribution in [3.8, 4) is 6.07 Å². The highest BCUT2D eigenvalue weighted by molar-refractivity contribution is 5.94.